The predicted octanol–water partition coefficient (Wildman–Crippen LogP) is 4.57. The number of nitrogens with zero attached hydrogens (tertiary/aromatic N) is 3. The van der Waals surface area contributed by atoms with Gasteiger partial charge < -0.3 is 20.4 Å². The van der Waals surface area contributed by atoms with E-state index in [1.54, 1.807) is 30.3 Å². The van der Waals surface area contributed by atoms with Gasteiger partial charge in [-0.05, 0) is 69.5 Å². The van der Waals surface area contributed by atoms with Gasteiger partial charge in [0, 0.05) is 31.9 Å². The van der Waals surface area contributed by atoms with E-state index in [-0.39, 0.29) is 5.91 Å². The standard InChI is InChI=1S/C21H28ClN5O2S/c1-15(28)23-16-6-9-18(10-7-16)27(30)21(29)24-17-8-11-20(19(22)14-17)26(4)13-5-12-25(2)3/h6-11,14,30H,5,12-13H2,1-4H3,(H,23,28)(H,24,29). The van der Waals surface area contributed by atoms with Crippen molar-refractivity contribution < 1.29 is 9.59 Å². The van der Waals surface area contributed by atoms with Gasteiger partial charge in [-0.25, -0.2) is 9.10 Å². The fourth-order valence-corrected chi connectivity index (χ4v) is 3.33. The molecular formula is C21H28ClN5O2S. The number of nitrogens with one attached hydrogen (secondary N) is 2. The Bertz CT molecular complexity index is 876. The molecule has 162 valence electrons. The van der Waals surface area contributed by atoms with Crippen LogP contribution < -0.4 is 19.8 Å². The first-order valence-electron chi connectivity index (χ1n) is 9.50. The summed E-state index contributed by atoms with van der Waals surface area (Å²) in [6.45, 7) is 3.31. The zero-order valence-corrected chi connectivity index (χ0v) is 19.3. The molecule has 0 aliphatic heterocycles. The number of amides is 3. The lowest BCUT2D eigenvalue weighted by molar-refractivity contribution is -0.114. The highest BCUT2D eigenvalue weighted by Crippen LogP contribution is 2.29. The highest BCUT2D eigenvalue weighted by molar-refractivity contribution is 7.82. The summed E-state index contributed by atoms with van der Waals surface area (Å²) in [5, 5.41) is 6.02. The van der Waals surface area contributed by atoms with Gasteiger partial charge in [-0.2, -0.15) is 0 Å². The third-order valence-electron chi connectivity index (χ3n) is 4.33. The first-order chi connectivity index (χ1) is 14.2. The Hall–Kier alpha value is -2.42. The Labute approximate surface area is 188 Å². The average Bonchev–Trinajstić information content (AvgIpc) is 2.67. The number of hydrogen-bond acceptors (Lipinski definition) is 5. The van der Waals surface area contributed by atoms with E-state index in [1.165, 1.54) is 11.2 Å². The van der Waals surface area contributed by atoms with Crippen LogP contribution >= 0.6 is 24.4 Å². The summed E-state index contributed by atoms with van der Waals surface area (Å²) in [6, 6.07) is 11.8. The van der Waals surface area contributed by atoms with Gasteiger partial charge >= 0.3 is 6.03 Å². The van der Waals surface area contributed by atoms with E-state index in [4.69, 9.17) is 11.6 Å². The molecule has 7 nitrogen and oxygen atoms in total. The Morgan fingerprint density at radius 2 is 1.60 bits per heavy atom. The summed E-state index contributed by atoms with van der Waals surface area (Å²) in [6.07, 6.45) is 1.02. The summed E-state index contributed by atoms with van der Waals surface area (Å²) in [5.74, 6) is -0.160. The molecule has 0 bridgehead atoms. The fourth-order valence-electron chi connectivity index (χ4n) is 2.82. The molecular weight excluding hydrogens is 422 g/mol. The monoisotopic (exact) mass is 449 g/mol. The van der Waals surface area contributed by atoms with Gasteiger partial charge in [0.05, 0.1) is 16.4 Å². The van der Waals surface area contributed by atoms with Gasteiger partial charge in [0.1, 0.15) is 0 Å². The van der Waals surface area contributed by atoms with Crippen molar-refractivity contribution in [1.29, 1.82) is 0 Å². The third-order valence-corrected chi connectivity index (χ3v) is 5.05. The van der Waals surface area contributed by atoms with E-state index in [2.05, 4.69) is 33.2 Å². The molecule has 0 spiro atoms. The molecule has 0 saturated carbocycles. The maximum absolute atomic E-state index is 12.5. The second-order valence-electron chi connectivity index (χ2n) is 7.21. The Kier molecular flexibility index (Phi) is 8.83. The molecule has 2 aromatic carbocycles. The van der Waals surface area contributed by atoms with Gasteiger partial charge in [0.2, 0.25) is 5.91 Å². The summed E-state index contributed by atoms with van der Waals surface area (Å²) < 4.78 is 1.19. The molecule has 0 heterocycles. The number of carbonyl (C=O) groups excluding carboxylic acids is 2. The quantitative estimate of drug-likeness (QED) is 0.516. The molecule has 0 unspecified atom stereocenters. The number of hydrogen-bond donors (Lipinski definition) is 3. The summed E-state index contributed by atoms with van der Waals surface area (Å²) in [7, 11) is 6.09. The van der Waals surface area contributed by atoms with Crippen molar-refractivity contribution >= 4 is 59.1 Å². The second kappa shape index (κ2) is 11.1. The SMILES string of the molecule is CC(=O)Nc1ccc(N(S)C(=O)Nc2ccc(N(C)CCCN(C)C)c(Cl)c2)cc1. The molecule has 2 aromatic rings. The Morgan fingerprint density at radius 3 is 2.17 bits per heavy atom. The summed E-state index contributed by atoms with van der Waals surface area (Å²) >= 11 is 10.7. The van der Waals surface area contributed by atoms with Crippen molar-refractivity contribution in [2.24, 2.45) is 0 Å². The summed E-state index contributed by atoms with van der Waals surface area (Å²) in [4.78, 5) is 27.9. The van der Waals surface area contributed by atoms with Crippen LogP contribution in [0, 0.1) is 0 Å². The van der Waals surface area contributed by atoms with Crippen molar-refractivity contribution in [3.63, 3.8) is 0 Å². The van der Waals surface area contributed by atoms with Crippen molar-refractivity contribution in [2.75, 3.05) is 54.1 Å². The Morgan fingerprint density at radius 1 is 0.967 bits per heavy atom. The van der Waals surface area contributed by atoms with Crippen LogP contribution in [-0.4, -0.2) is 51.1 Å². The molecule has 0 saturated heterocycles. The lowest BCUT2D eigenvalue weighted by Crippen LogP contribution is -2.27. The first-order valence-corrected chi connectivity index (χ1v) is 10.3. The minimum atomic E-state index is -0.422. The molecule has 0 fully saturated rings. The van der Waals surface area contributed by atoms with E-state index in [0.717, 1.165) is 25.2 Å². The molecule has 0 aliphatic carbocycles. The lowest BCUT2D eigenvalue weighted by Gasteiger charge is -2.22. The predicted molar refractivity (Wildman–Crippen MR) is 129 cm³/mol. The fraction of sp³-hybridized carbons (Fsp3) is 0.333. The number of thiol groups is 1. The number of anilines is 4. The summed E-state index contributed by atoms with van der Waals surface area (Å²) in [5.41, 5.74) is 2.69. The van der Waals surface area contributed by atoms with E-state index in [0.29, 0.717) is 22.1 Å². The minimum absolute atomic E-state index is 0.160. The average molecular weight is 450 g/mol. The van der Waals surface area contributed by atoms with Crippen LogP contribution in [0.1, 0.15) is 13.3 Å². The number of urea groups is 1. The number of halogens is 1. The van der Waals surface area contributed by atoms with Crippen LogP contribution in [0.2, 0.25) is 5.02 Å². The van der Waals surface area contributed by atoms with Gasteiger partial charge in [-0.1, -0.05) is 24.4 Å². The normalized spacial score (nSPS) is 10.6. The second-order valence-corrected chi connectivity index (χ2v) is 8.02. The zero-order valence-electron chi connectivity index (χ0n) is 17.6. The smallest absolute Gasteiger partial charge is 0.336 e. The van der Waals surface area contributed by atoms with E-state index in [9.17, 15) is 9.59 Å². The van der Waals surface area contributed by atoms with Crippen LogP contribution in [-0.2, 0) is 4.79 Å². The van der Waals surface area contributed by atoms with Gasteiger partial charge in [-0.3, -0.25) is 4.79 Å². The molecule has 3 amide bonds. The van der Waals surface area contributed by atoms with Crippen LogP contribution in [0.4, 0.5) is 27.5 Å². The number of rotatable bonds is 8. The van der Waals surface area contributed by atoms with Crippen molar-refractivity contribution in [3.8, 4) is 0 Å². The highest BCUT2D eigenvalue weighted by atomic mass is 35.5. The van der Waals surface area contributed by atoms with Crippen LogP contribution in [0.15, 0.2) is 42.5 Å². The zero-order chi connectivity index (χ0) is 22.3. The van der Waals surface area contributed by atoms with Crippen molar-refractivity contribution in [1.82, 2.24) is 4.90 Å². The molecule has 2 rings (SSSR count). The van der Waals surface area contributed by atoms with Crippen molar-refractivity contribution in [3.05, 3.63) is 47.5 Å². The number of benzene rings is 2. The molecule has 0 radical (unpaired) electrons. The van der Waals surface area contributed by atoms with Gasteiger partial charge in [-0.15, -0.1) is 0 Å². The number of carbonyl (C=O) groups is 2. The van der Waals surface area contributed by atoms with E-state index < -0.39 is 6.03 Å². The molecule has 2 N–H and O–H groups in total. The maximum Gasteiger partial charge on any atom is 0.336 e. The van der Waals surface area contributed by atoms with Crippen LogP contribution in [0.3, 0.4) is 0 Å². The topological polar surface area (TPSA) is 67.9 Å². The highest BCUT2D eigenvalue weighted by Gasteiger charge is 2.14. The molecule has 9 heteroatoms. The minimum Gasteiger partial charge on any atom is -0.373 e. The van der Waals surface area contributed by atoms with E-state index in [1.807, 2.05) is 33.3 Å². The molecule has 0 atom stereocenters. The molecule has 0 aromatic heterocycles. The molecule has 30 heavy (non-hydrogen) atoms. The van der Waals surface area contributed by atoms with E-state index >= 15 is 0 Å². The van der Waals surface area contributed by atoms with Gasteiger partial charge in [0.15, 0.2) is 0 Å². The molecule has 0 aliphatic rings. The van der Waals surface area contributed by atoms with Crippen LogP contribution in [0.25, 0.3) is 0 Å². The largest absolute Gasteiger partial charge is 0.373 e. The van der Waals surface area contributed by atoms with Crippen molar-refractivity contribution in [2.45, 2.75) is 13.3 Å². The maximum atomic E-state index is 12.5. The Balaban J connectivity index is 1.99. The lowest BCUT2D eigenvalue weighted by atomic mass is 10.2. The first kappa shape index (κ1) is 23.9. The third kappa shape index (κ3) is 7.12. The van der Waals surface area contributed by atoms with Gasteiger partial charge in [0.25, 0.3) is 0 Å². The van der Waals surface area contributed by atoms with Crippen LogP contribution in [0.5, 0.6) is 0 Å².